The number of likely N-dealkylation sites (tertiary alicyclic amines) is 1. The van der Waals surface area contributed by atoms with E-state index in [1.807, 2.05) is 18.2 Å². The van der Waals surface area contributed by atoms with E-state index >= 15 is 0 Å². The molecule has 0 N–H and O–H groups in total. The third-order valence-electron chi connectivity index (χ3n) is 5.07. The van der Waals surface area contributed by atoms with E-state index in [0.717, 1.165) is 19.4 Å². The van der Waals surface area contributed by atoms with Crippen LogP contribution in [0.4, 0.5) is 0 Å². The highest BCUT2D eigenvalue weighted by Crippen LogP contribution is 2.27. The van der Waals surface area contributed by atoms with Gasteiger partial charge in [0, 0.05) is 26.0 Å². The van der Waals surface area contributed by atoms with Gasteiger partial charge >= 0.3 is 0 Å². The fraction of sp³-hybridized carbons (Fsp3) is 0.545. The molecule has 1 atom stereocenters. The smallest absolute Gasteiger partial charge is 0.229 e. The summed E-state index contributed by atoms with van der Waals surface area (Å²) in [6, 6.07) is 10.2. The number of imide groups is 1. The fourth-order valence-electron chi connectivity index (χ4n) is 3.31. The lowest BCUT2D eigenvalue weighted by molar-refractivity contribution is -0.147. The number of benzene rings is 1. The SMILES string of the molecule is C[Si](C)(C)[C@H](/C=C/CCN1C(=O)CCCC1=O)CCOCc1ccccc1. The molecule has 148 valence electrons. The number of hydrogen-bond acceptors (Lipinski definition) is 3. The Labute approximate surface area is 164 Å². The van der Waals surface area contributed by atoms with Gasteiger partial charge in [-0.2, -0.15) is 0 Å². The molecule has 0 spiro atoms. The molecule has 0 aromatic heterocycles. The first-order valence-electron chi connectivity index (χ1n) is 9.99. The molecular formula is C22H33NO3Si. The minimum absolute atomic E-state index is 0.0179. The molecule has 1 aliphatic heterocycles. The Morgan fingerprint density at radius 1 is 1.11 bits per heavy atom. The molecule has 2 rings (SSSR count). The number of amides is 2. The highest BCUT2D eigenvalue weighted by atomic mass is 28.3. The second-order valence-corrected chi connectivity index (χ2v) is 13.8. The van der Waals surface area contributed by atoms with Gasteiger partial charge in [-0.15, -0.1) is 0 Å². The van der Waals surface area contributed by atoms with Crippen molar-refractivity contribution in [2.24, 2.45) is 0 Å². The molecule has 27 heavy (non-hydrogen) atoms. The van der Waals surface area contributed by atoms with Crippen molar-refractivity contribution >= 4 is 19.9 Å². The van der Waals surface area contributed by atoms with Gasteiger partial charge in [0.05, 0.1) is 14.7 Å². The molecule has 0 bridgehead atoms. The van der Waals surface area contributed by atoms with E-state index in [0.29, 0.717) is 38.0 Å². The van der Waals surface area contributed by atoms with Gasteiger partial charge in [-0.1, -0.05) is 62.1 Å². The number of nitrogens with zero attached hydrogens (tertiary/aromatic N) is 1. The summed E-state index contributed by atoms with van der Waals surface area (Å²) in [5, 5.41) is 0. The summed E-state index contributed by atoms with van der Waals surface area (Å²) < 4.78 is 5.87. The lowest BCUT2D eigenvalue weighted by atomic mass is 10.1. The van der Waals surface area contributed by atoms with Crippen LogP contribution in [0.25, 0.3) is 0 Å². The monoisotopic (exact) mass is 387 g/mol. The third kappa shape index (κ3) is 7.43. The van der Waals surface area contributed by atoms with Crippen LogP contribution < -0.4 is 0 Å². The Bertz CT molecular complexity index is 621. The van der Waals surface area contributed by atoms with Crippen LogP contribution in [0.1, 0.15) is 37.7 Å². The second kappa shape index (κ2) is 10.6. The third-order valence-corrected chi connectivity index (χ3v) is 7.77. The number of piperidine rings is 1. The van der Waals surface area contributed by atoms with Gasteiger partial charge in [-0.3, -0.25) is 14.5 Å². The Kier molecular flexibility index (Phi) is 8.45. The van der Waals surface area contributed by atoms with Crippen LogP contribution in [0.15, 0.2) is 42.5 Å². The number of rotatable bonds is 10. The average molecular weight is 388 g/mol. The number of allylic oxidation sites excluding steroid dienone is 1. The molecule has 5 heteroatoms. The number of carbonyl (C=O) groups excluding carboxylic acids is 2. The first kappa shape index (κ1) is 21.6. The molecule has 1 fully saturated rings. The molecule has 2 amide bonds. The van der Waals surface area contributed by atoms with Crippen LogP contribution in [-0.2, 0) is 20.9 Å². The molecule has 4 nitrogen and oxygen atoms in total. The Hall–Kier alpha value is -1.72. The quantitative estimate of drug-likeness (QED) is 0.251. The first-order chi connectivity index (χ1) is 12.9. The predicted molar refractivity (Wildman–Crippen MR) is 112 cm³/mol. The molecule has 0 unspecified atom stereocenters. The van der Waals surface area contributed by atoms with Crippen molar-refractivity contribution in [3.8, 4) is 0 Å². The van der Waals surface area contributed by atoms with E-state index in [2.05, 4.69) is 43.9 Å². The molecular weight excluding hydrogens is 354 g/mol. The Morgan fingerprint density at radius 2 is 1.78 bits per heavy atom. The standard InChI is InChI=1S/C22H33NO3Si/c1-27(2,3)20(15-17-26-18-19-10-5-4-6-11-19)12-7-8-16-23-21(24)13-9-14-22(23)25/h4-7,10-12,20H,8-9,13-18H2,1-3H3/b12-7+/t20-/m1/s1. The van der Waals surface area contributed by atoms with Crippen LogP contribution in [0.5, 0.6) is 0 Å². The molecule has 0 radical (unpaired) electrons. The molecule has 1 heterocycles. The zero-order valence-electron chi connectivity index (χ0n) is 16.9. The van der Waals surface area contributed by atoms with Crippen molar-refractivity contribution in [2.75, 3.05) is 13.2 Å². The summed E-state index contributed by atoms with van der Waals surface area (Å²) in [7, 11) is -1.35. The summed E-state index contributed by atoms with van der Waals surface area (Å²) in [5.41, 5.74) is 1.73. The maximum atomic E-state index is 11.9. The van der Waals surface area contributed by atoms with E-state index in [1.54, 1.807) is 0 Å². The maximum absolute atomic E-state index is 11.9. The van der Waals surface area contributed by atoms with E-state index in [9.17, 15) is 9.59 Å². The van der Waals surface area contributed by atoms with Gasteiger partial charge in [0.25, 0.3) is 0 Å². The van der Waals surface area contributed by atoms with Gasteiger partial charge < -0.3 is 4.74 Å². The average Bonchev–Trinajstić information content (AvgIpc) is 2.62. The summed E-state index contributed by atoms with van der Waals surface area (Å²) in [6.45, 7) is 9.03. The van der Waals surface area contributed by atoms with Crippen molar-refractivity contribution < 1.29 is 14.3 Å². The summed E-state index contributed by atoms with van der Waals surface area (Å²) in [4.78, 5) is 25.1. The summed E-state index contributed by atoms with van der Waals surface area (Å²) in [5.74, 6) is -0.0357. The van der Waals surface area contributed by atoms with E-state index in [4.69, 9.17) is 4.74 Å². The normalized spacial score (nSPS) is 16.9. The number of hydrogen-bond donors (Lipinski definition) is 0. The largest absolute Gasteiger partial charge is 0.377 e. The maximum Gasteiger partial charge on any atom is 0.229 e. The molecule has 1 saturated heterocycles. The van der Waals surface area contributed by atoms with Crippen LogP contribution in [0.3, 0.4) is 0 Å². The van der Waals surface area contributed by atoms with E-state index in [1.165, 1.54) is 10.5 Å². The van der Waals surface area contributed by atoms with Gasteiger partial charge in [0.1, 0.15) is 0 Å². The summed E-state index contributed by atoms with van der Waals surface area (Å²) >= 11 is 0. The van der Waals surface area contributed by atoms with Crippen molar-refractivity contribution in [1.82, 2.24) is 4.90 Å². The van der Waals surface area contributed by atoms with Gasteiger partial charge in [-0.25, -0.2) is 0 Å². The molecule has 1 aliphatic rings. The molecule has 0 aliphatic carbocycles. The molecule has 1 aromatic rings. The van der Waals surface area contributed by atoms with Crippen LogP contribution in [-0.4, -0.2) is 37.9 Å². The first-order valence-corrected chi connectivity index (χ1v) is 13.6. The van der Waals surface area contributed by atoms with E-state index in [-0.39, 0.29) is 11.8 Å². The highest BCUT2D eigenvalue weighted by Gasteiger charge is 2.26. The van der Waals surface area contributed by atoms with Crippen molar-refractivity contribution in [1.29, 1.82) is 0 Å². The second-order valence-electron chi connectivity index (χ2n) is 8.31. The van der Waals surface area contributed by atoms with Crippen molar-refractivity contribution in [3.05, 3.63) is 48.0 Å². The number of carbonyl (C=O) groups is 2. The minimum Gasteiger partial charge on any atom is -0.377 e. The zero-order valence-corrected chi connectivity index (χ0v) is 17.9. The van der Waals surface area contributed by atoms with Crippen LogP contribution >= 0.6 is 0 Å². The Morgan fingerprint density at radius 3 is 2.41 bits per heavy atom. The summed E-state index contributed by atoms with van der Waals surface area (Å²) in [6.07, 6.45) is 7.90. The van der Waals surface area contributed by atoms with Crippen molar-refractivity contribution in [3.63, 3.8) is 0 Å². The molecule has 0 saturated carbocycles. The van der Waals surface area contributed by atoms with Gasteiger partial charge in [0.15, 0.2) is 0 Å². The van der Waals surface area contributed by atoms with Crippen LogP contribution in [0, 0.1) is 0 Å². The minimum atomic E-state index is -1.35. The van der Waals surface area contributed by atoms with Gasteiger partial charge in [0.2, 0.25) is 11.8 Å². The van der Waals surface area contributed by atoms with Crippen LogP contribution in [0.2, 0.25) is 25.2 Å². The lowest BCUT2D eigenvalue weighted by Gasteiger charge is -2.27. The fourth-order valence-corrected chi connectivity index (χ4v) is 5.00. The highest BCUT2D eigenvalue weighted by molar-refractivity contribution is 6.78. The predicted octanol–water partition coefficient (Wildman–Crippen LogP) is 4.79. The van der Waals surface area contributed by atoms with Crippen molar-refractivity contribution in [2.45, 2.75) is 63.9 Å². The topological polar surface area (TPSA) is 46.6 Å². The lowest BCUT2D eigenvalue weighted by Crippen LogP contribution is -2.40. The molecule has 1 aromatic carbocycles. The van der Waals surface area contributed by atoms with E-state index < -0.39 is 8.07 Å². The zero-order chi connectivity index (χ0) is 19.7. The van der Waals surface area contributed by atoms with Gasteiger partial charge in [-0.05, 0) is 30.4 Å². The number of ether oxygens (including phenoxy) is 1. The Balaban J connectivity index is 1.77.